The third-order valence-electron chi connectivity index (χ3n) is 4.45. The predicted molar refractivity (Wildman–Crippen MR) is 113 cm³/mol. The Morgan fingerprint density at radius 3 is 2.72 bits per heavy atom. The molecule has 2 aromatic heterocycles. The summed E-state index contributed by atoms with van der Waals surface area (Å²) in [6, 6.07) is 4.39. The van der Waals surface area contributed by atoms with Crippen LogP contribution in [-0.4, -0.2) is 57.5 Å². The van der Waals surface area contributed by atoms with Crippen LogP contribution in [0, 0.1) is 18.3 Å². The normalized spacial score (nSPS) is 15.1. The zero-order chi connectivity index (χ0) is 20.8. The fourth-order valence-electron chi connectivity index (χ4n) is 3.21. The van der Waals surface area contributed by atoms with Crippen LogP contribution in [0.15, 0.2) is 12.3 Å². The molecule has 0 radical (unpaired) electrons. The van der Waals surface area contributed by atoms with E-state index >= 15 is 0 Å². The first-order valence-corrected chi connectivity index (χ1v) is 10.5. The van der Waals surface area contributed by atoms with Crippen LogP contribution in [0.3, 0.4) is 0 Å². The number of nitrogens with one attached hydrogen (secondary N) is 3. The zero-order valence-electron chi connectivity index (χ0n) is 16.9. The van der Waals surface area contributed by atoms with E-state index in [0.717, 1.165) is 31.7 Å². The second-order valence-corrected chi connectivity index (χ2v) is 8.40. The topological polar surface area (TPSA) is 119 Å². The third kappa shape index (κ3) is 6.37. The van der Waals surface area contributed by atoms with Gasteiger partial charge in [0, 0.05) is 31.2 Å². The molecule has 10 heteroatoms. The Labute approximate surface area is 174 Å². The number of amides is 1. The lowest BCUT2D eigenvalue weighted by molar-refractivity contribution is -0.123. The second-order valence-electron chi connectivity index (χ2n) is 7.37. The van der Waals surface area contributed by atoms with Crippen LogP contribution in [0.25, 0.3) is 0 Å². The third-order valence-corrected chi connectivity index (χ3v) is 5.26. The molecule has 1 amide bonds. The van der Waals surface area contributed by atoms with Crippen LogP contribution in [-0.2, 0) is 4.79 Å². The summed E-state index contributed by atoms with van der Waals surface area (Å²) in [5.74, 6) is 2.13. The van der Waals surface area contributed by atoms with Crippen molar-refractivity contribution in [3.63, 3.8) is 0 Å². The molecule has 0 atom stereocenters. The quantitative estimate of drug-likeness (QED) is 0.631. The average molecular weight is 415 g/mol. The average Bonchev–Trinajstić information content (AvgIpc) is 3.09. The number of anilines is 3. The van der Waals surface area contributed by atoms with Gasteiger partial charge in [-0.1, -0.05) is 11.3 Å². The van der Waals surface area contributed by atoms with Crippen molar-refractivity contribution in [1.82, 2.24) is 25.2 Å². The summed E-state index contributed by atoms with van der Waals surface area (Å²) in [4.78, 5) is 27.7. The van der Waals surface area contributed by atoms with Gasteiger partial charge in [-0.25, -0.2) is 15.0 Å². The number of aryl methyl sites for hydroxylation is 1. The molecular weight excluding hydrogens is 388 g/mol. The van der Waals surface area contributed by atoms with Crippen LogP contribution < -0.4 is 16.0 Å². The monoisotopic (exact) mass is 414 g/mol. The molecule has 2 aromatic rings. The number of nitrogens with zero attached hydrogens (tertiary/aromatic N) is 5. The summed E-state index contributed by atoms with van der Waals surface area (Å²) in [7, 11) is 0. The van der Waals surface area contributed by atoms with Crippen molar-refractivity contribution < 1.29 is 4.79 Å². The van der Waals surface area contributed by atoms with Crippen molar-refractivity contribution >= 4 is 34.0 Å². The maximum absolute atomic E-state index is 11.9. The predicted octanol–water partition coefficient (Wildman–Crippen LogP) is 2.26. The van der Waals surface area contributed by atoms with Crippen LogP contribution in [0.2, 0.25) is 0 Å². The van der Waals surface area contributed by atoms with Gasteiger partial charge in [0.25, 0.3) is 0 Å². The smallest absolute Gasteiger partial charge is 0.234 e. The van der Waals surface area contributed by atoms with Crippen molar-refractivity contribution in [1.29, 1.82) is 5.26 Å². The van der Waals surface area contributed by atoms with Gasteiger partial charge in [-0.3, -0.25) is 9.69 Å². The summed E-state index contributed by atoms with van der Waals surface area (Å²) in [6.45, 7) is 7.97. The number of carbonyl (C=O) groups excluding carboxylic acids is 1. The number of thiazole rings is 1. The zero-order valence-corrected chi connectivity index (χ0v) is 17.7. The molecule has 0 aromatic carbocycles. The maximum Gasteiger partial charge on any atom is 0.234 e. The molecular formula is C19H26N8OS. The molecule has 3 N–H and O–H groups in total. The van der Waals surface area contributed by atoms with Gasteiger partial charge in [0.2, 0.25) is 5.91 Å². The van der Waals surface area contributed by atoms with E-state index in [9.17, 15) is 4.79 Å². The highest BCUT2D eigenvalue weighted by molar-refractivity contribution is 7.16. The minimum absolute atomic E-state index is 0.0790. The number of hydrogen-bond acceptors (Lipinski definition) is 9. The van der Waals surface area contributed by atoms with Crippen molar-refractivity contribution in [2.45, 2.75) is 45.7 Å². The number of carbonyl (C=O) groups is 1. The molecule has 0 aliphatic carbocycles. The highest BCUT2D eigenvalue weighted by Gasteiger charge is 2.21. The Bertz CT molecular complexity index is 883. The SMILES string of the molecule is Cc1nc(Nc2ncc(C#N)s2)cc(NC2CCN(CC(=O)NC(C)C)CC2)n1. The molecule has 0 bridgehead atoms. The Morgan fingerprint density at radius 2 is 2.07 bits per heavy atom. The lowest BCUT2D eigenvalue weighted by atomic mass is 10.1. The molecule has 1 saturated heterocycles. The molecule has 0 spiro atoms. The number of likely N-dealkylation sites (tertiary alicyclic amines) is 1. The Morgan fingerprint density at radius 1 is 1.34 bits per heavy atom. The fraction of sp³-hybridized carbons (Fsp3) is 0.526. The number of nitriles is 1. The van der Waals surface area contributed by atoms with Gasteiger partial charge < -0.3 is 16.0 Å². The van der Waals surface area contributed by atoms with E-state index in [1.165, 1.54) is 17.5 Å². The molecule has 0 unspecified atom stereocenters. The first kappa shape index (κ1) is 21.0. The van der Waals surface area contributed by atoms with E-state index in [4.69, 9.17) is 5.26 Å². The molecule has 1 aliphatic rings. The summed E-state index contributed by atoms with van der Waals surface area (Å²) in [5, 5.41) is 19.1. The van der Waals surface area contributed by atoms with Gasteiger partial charge in [-0.2, -0.15) is 5.26 Å². The number of aromatic nitrogens is 3. The molecule has 3 heterocycles. The number of piperidine rings is 1. The fourth-order valence-corrected chi connectivity index (χ4v) is 3.83. The largest absolute Gasteiger partial charge is 0.367 e. The first-order valence-electron chi connectivity index (χ1n) is 9.68. The Balaban J connectivity index is 1.54. The molecule has 0 saturated carbocycles. The Hall–Kier alpha value is -2.77. The van der Waals surface area contributed by atoms with Gasteiger partial charge in [0.15, 0.2) is 5.13 Å². The van der Waals surface area contributed by atoms with Crippen LogP contribution >= 0.6 is 11.3 Å². The van der Waals surface area contributed by atoms with E-state index in [1.54, 1.807) is 0 Å². The molecule has 1 aliphatic heterocycles. The minimum Gasteiger partial charge on any atom is -0.367 e. The molecule has 9 nitrogen and oxygen atoms in total. The van der Waals surface area contributed by atoms with Crippen molar-refractivity contribution in [2.75, 3.05) is 30.3 Å². The van der Waals surface area contributed by atoms with E-state index in [-0.39, 0.29) is 11.9 Å². The van der Waals surface area contributed by atoms with Crippen LogP contribution in [0.1, 0.15) is 37.4 Å². The minimum atomic E-state index is 0.0790. The van der Waals surface area contributed by atoms with Gasteiger partial charge in [0.05, 0.1) is 12.7 Å². The highest BCUT2D eigenvalue weighted by Crippen LogP contribution is 2.23. The van der Waals surface area contributed by atoms with E-state index in [0.29, 0.717) is 34.2 Å². The van der Waals surface area contributed by atoms with Gasteiger partial charge in [-0.15, -0.1) is 0 Å². The summed E-state index contributed by atoms with van der Waals surface area (Å²) in [5.41, 5.74) is 0. The molecule has 29 heavy (non-hydrogen) atoms. The van der Waals surface area contributed by atoms with Crippen molar-refractivity contribution in [3.05, 3.63) is 23.0 Å². The van der Waals surface area contributed by atoms with E-state index in [2.05, 4.69) is 41.9 Å². The van der Waals surface area contributed by atoms with Gasteiger partial charge in [-0.05, 0) is 33.6 Å². The van der Waals surface area contributed by atoms with Crippen molar-refractivity contribution in [2.24, 2.45) is 0 Å². The lowest BCUT2D eigenvalue weighted by Gasteiger charge is -2.32. The van der Waals surface area contributed by atoms with E-state index in [1.807, 2.05) is 26.8 Å². The summed E-state index contributed by atoms with van der Waals surface area (Å²) >= 11 is 1.28. The molecule has 1 fully saturated rings. The van der Waals surface area contributed by atoms with Gasteiger partial charge >= 0.3 is 0 Å². The second kappa shape index (κ2) is 9.62. The standard InChI is InChI=1S/C19H26N8OS/c1-12(2)22-18(28)11-27-6-4-14(5-7-27)25-16-8-17(24-13(3)23-16)26-19-21-10-15(9-20)29-19/h8,10,12,14H,4-7,11H2,1-3H3,(H,22,28)(H2,21,23,24,25,26). The highest BCUT2D eigenvalue weighted by atomic mass is 32.1. The van der Waals surface area contributed by atoms with E-state index < -0.39 is 0 Å². The van der Waals surface area contributed by atoms with Crippen LogP contribution in [0.4, 0.5) is 16.8 Å². The summed E-state index contributed by atoms with van der Waals surface area (Å²) < 4.78 is 0. The molecule has 3 rings (SSSR count). The van der Waals surface area contributed by atoms with Gasteiger partial charge in [0.1, 0.15) is 28.4 Å². The first-order chi connectivity index (χ1) is 13.9. The lowest BCUT2D eigenvalue weighted by Crippen LogP contribution is -2.45. The van der Waals surface area contributed by atoms with Crippen LogP contribution in [0.5, 0.6) is 0 Å². The number of rotatable bonds is 7. The summed E-state index contributed by atoms with van der Waals surface area (Å²) in [6.07, 6.45) is 3.42. The molecule has 154 valence electrons. The van der Waals surface area contributed by atoms with Crippen molar-refractivity contribution in [3.8, 4) is 6.07 Å². The number of hydrogen-bond donors (Lipinski definition) is 3. The maximum atomic E-state index is 11.9. The Kier molecular flexibility index (Phi) is 6.95.